The topological polar surface area (TPSA) is 167 Å². The third kappa shape index (κ3) is 15.3. The van der Waals surface area contributed by atoms with Crippen molar-refractivity contribution in [3.63, 3.8) is 0 Å². The van der Waals surface area contributed by atoms with E-state index in [2.05, 4.69) is 20.9 Å². The zero-order chi connectivity index (χ0) is 34.0. The molecule has 2 unspecified atom stereocenters. The Morgan fingerprint density at radius 2 is 1.54 bits per heavy atom. The van der Waals surface area contributed by atoms with Gasteiger partial charge in [0.15, 0.2) is 0 Å². The molecule has 0 aliphatic carbocycles. The van der Waals surface area contributed by atoms with E-state index in [9.17, 15) is 32.7 Å². The molecule has 11 nitrogen and oxygen atoms in total. The van der Waals surface area contributed by atoms with Gasteiger partial charge in [-0.15, -0.1) is 0 Å². The summed E-state index contributed by atoms with van der Waals surface area (Å²) in [4.78, 5) is 50.5. The first-order valence-corrected chi connectivity index (χ1v) is 14.4. The molecule has 15 heteroatoms. The summed E-state index contributed by atoms with van der Waals surface area (Å²) in [6, 6.07) is 19.8. The molecular weight excluding hydrogens is 633 g/mol. The minimum atomic E-state index is -5.08. The number of hydrogen-bond acceptors (Lipinski definition) is 7. The van der Waals surface area contributed by atoms with Gasteiger partial charge in [-0.05, 0) is 48.2 Å². The summed E-state index contributed by atoms with van der Waals surface area (Å²) in [5, 5.41) is 25.7. The summed E-state index contributed by atoms with van der Waals surface area (Å²) in [6.45, 7) is 0.843. The van der Waals surface area contributed by atoms with Gasteiger partial charge in [-0.3, -0.25) is 14.4 Å². The largest absolute Gasteiger partial charge is 0.490 e. The molecule has 0 aliphatic heterocycles. The molecule has 46 heavy (non-hydrogen) atoms. The van der Waals surface area contributed by atoms with Crippen LogP contribution in [0.5, 0.6) is 0 Å². The molecule has 0 bridgehead atoms. The molecule has 0 aliphatic rings. The van der Waals surface area contributed by atoms with Crippen molar-refractivity contribution in [1.29, 1.82) is 0 Å². The van der Waals surface area contributed by atoms with Crippen LogP contribution in [-0.2, 0) is 30.5 Å². The number of aliphatic carboxylic acids is 2. The van der Waals surface area contributed by atoms with Crippen LogP contribution in [0.4, 0.5) is 19.0 Å². The fourth-order valence-electron chi connectivity index (χ4n) is 3.81. The van der Waals surface area contributed by atoms with Crippen LogP contribution >= 0.6 is 11.6 Å². The van der Waals surface area contributed by atoms with E-state index in [1.54, 1.807) is 30.5 Å². The van der Waals surface area contributed by atoms with E-state index >= 15 is 0 Å². The highest BCUT2D eigenvalue weighted by atomic mass is 35.5. The Hall–Kier alpha value is -4.69. The number of ether oxygens (including phenoxy) is 1. The Morgan fingerprint density at radius 1 is 0.891 bits per heavy atom. The van der Waals surface area contributed by atoms with Crippen molar-refractivity contribution in [2.75, 3.05) is 18.5 Å². The van der Waals surface area contributed by atoms with Gasteiger partial charge < -0.3 is 30.9 Å². The van der Waals surface area contributed by atoms with Crippen molar-refractivity contribution >= 4 is 41.2 Å². The Kier molecular flexibility index (Phi) is 16.0. The van der Waals surface area contributed by atoms with E-state index in [0.29, 0.717) is 23.6 Å². The van der Waals surface area contributed by atoms with Crippen LogP contribution in [0.25, 0.3) is 0 Å². The van der Waals surface area contributed by atoms with Crippen LogP contribution in [0.2, 0.25) is 5.02 Å². The molecule has 0 saturated carbocycles. The van der Waals surface area contributed by atoms with E-state index < -0.39 is 36.1 Å². The predicted octanol–water partition coefficient (Wildman–Crippen LogP) is 4.98. The van der Waals surface area contributed by atoms with Crippen molar-refractivity contribution < 1.29 is 47.3 Å². The number of pyridine rings is 1. The number of nitrogens with zero attached hydrogens (tertiary/aromatic N) is 1. The maximum atomic E-state index is 13.2. The van der Waals surface area contributed by atoms with Crippen molar-refractivity contribution in [2.24, 2.45) is 0 Å². The van der Waals surface area contributed by atoms with Crippen LogP contribution in [0.3, 0.4) is 0 Å². The predicted molar refractivity (Wildman–Crippen MR) is 163 cm³/mol. The van der Waals surface area contributed by atoms with E-state index in [1.807, 2.05) is 48.5 Å². The second kappa shape index (κ2) is 19.6. The van der Waals surface area contributed by atoms with Crippen LogP contribution in [0.15, 0.2) is 79.0 Å². The average molecular weight is 667 g/mol. The van der Waals surface area contributed by atoms with E-state index in [1.165, 1.54) is 0 Å². The first-order chi connectivity index (χ1) is 21.8. The zero-order valence-electron chi connectivity index (χ0n) is 24.5. The molecule has 1 heterocycles. The Morgan fingerprint density at radius 3 is 2.13 bits per heavy atom. The number of halogens is 4. The smallest absolute Gasteiger partial charge is 0.481 e. The van der Waals surface area contributed by atoms with Crippen molar-refractivity contribution in [3.05, 3.63) is 95.1 Å². The summed E-state index contributed by atoms with van der Waals surface area (Å²) in [6.07, 6.45) is -2.14. The number of carboxylic acid groups (broad SMARTS) is 2. The average Bonchev–Trinajstić information content (AvgIpc) is 3.01. The quantitative estimate of drug-likeness (QED) is 0.132. The van der Waals surface area contributed by atoms with Crippen molar-refractivity contribution in [1.82, 2.24) is 15.6 Å². The maximum Gasteiger partial charge on any atom is 0.490 e. The Bertz CT molecular complexity index is 1380. The van der Waals surface area contributed by atoms with E-state index in [0.717, 1.165) is 17.8 Å². The van der Waals surface area contributed by atoms with Gasteiger partial charge in [-0.2, -0.15) is 13.2 Å². The minimum absolute atomic E-state index is 0.0753. The van der Waals surface area contributed by atoms with Crippen LogP contribution in [0.1, 0.15) is 42.9 Å². The summed E-state index contributed by atoms with van der Waals surface area (Å²) in [5.74, 6) is -3.89. The molecule has 3 rings (SSSR count). The molecule has 1 aromatic heterocycles. The Balaban J connectivity index is 0.000000942. The summed E-state index contributed by atoms with van der Waals surface area (Å²) >= 11 is 5.96. The third-order valence-electron chi connectivity index (χ3n) is 6.06. The number of carboxylic acids is 2. The minimum Gasteiger partial charge on any atom is -0.481 e. The second-order valence-electron chi connectivity index (χ2n) is 9.73. The molecule has 3 aromatic rings. The zero-order valence-corrected chi connectivity index (χ0v) is 25.3. The van der Waals surface area contributed by atoms with Gasteiger partial charge in [0.05, 0.1) is 25.7 Å². The lowest BCUT2D eigenvalue weighted by Crippen LogP contribution is -2.50. The molecule has 2 atom stereocenters. The number of carbonyl (C=O) groups is 4. The van der Waals surface area contributed by atoms with Gasteiger partial charge in [0.1, 0.15) is 11.9 Å². The highest BCUT2D eigenvalue weighted by Gasteiger charge is 2.38. The monoisotopic (exact) mass is 666 g/mol. The molecule has 248 valence electrons. The molecule has 0 spiro atoms. The number of alkyl halides is 3. The number of benzene rings is 2. The summed E-state index contributed by atoms with van der Waals surface area (Å²) in [7, 11) is 0. The third-order valence-corrected chi connectivity index (χ3v) is 6.31. The molecular formula is C31H34ClF3N4O7. The van der Waals surface area contributed by atoms with E-state index in [-0.39, 0.29) is 32.0 Å². The number of unbranched alkanes of at least 4 members (excludes halogenated alkanes) is 1. The molecule has 0 fully saturated rings. The first kappa shape index (κ1) is 37.5. The number of aromatic nitrogens is 1. The number of anilines is 1. The maximum absolute atomic E-state index is 13.2. The molecule has 2 aromatic carbocycles. The van der Waals surface area contributed by atoms with Crippen LogP contribution in [0, 0.1) is 0 Å². The molecule has 5 N–H and O–H groups in total. The summed E-state index contributed by atoms with van der Waals surface area (Å²) < 4.78 is 37.5. The Labute approximate surface area is 268 Å². The van der Waals surface area contributed by atoms with Crippen molar-refractivity contribution in [3.8, 4) is 0 Å². The van der Waals surface area contributed by atoms with Crippen molar-refractivity contribution in [2.45, 2.75) is 50.6 Å². The number of hydrogen-bond donors (Lipinski definition) is 5. The lowest BCUT2D eigenvalue weighted by Gasteiger charge is -2.23. The van der Waals surface area contributed by atoms with Gasteiger partial charge in [0.2, 0.25) is 11.8 Å². The van der Waals surface area contributed by atoms with Crippen LogP contribution in [-0.4, -0.2) is 64.3 Å². The lowest BCUT2D eigenvalue weighted by molar-refractivity contribution is -0.192. The molecule has 0 radical (unpaired) electrons. The first-order valence-electron chi connectivity index (χ1n) is 14.0. The SMILES string of the molecule is O=C(O)C(F)(F)F.O=C(O)CC(NC(=O)C(COCc1ccccc1)NC(=O)CCCCNc1ccccn1)c1ccc(Cl)cc1. The fourth-order valence-corrected chi connectivity index (χ4v) is 3.93. The van der Waals surface area contributed by atoms with Gasteiger partial charge in [-0.25, -0.2) is 9.78 Å². The highest BCUT2D eigenvalue weighted by Crippen LogP contribution is 2.20. The highest BCUT2D eigenvalue weighted by molar-refractivity contribution is 6.30. The van der Waals surface area contributed by atoms with E-state index in [4.69, 9.17) is 26.2 Å². The fraction of sp³-hybridized carbons (Fsp3) is 0.323. The number of nitrogens with one attached hydrogen (secondary N) is 3. The number of carbonyl (C=O) groups excluding carboxylic acids is 2. The molecule has 2 amide bonds. The standard InChI is InChI=1S/C29H33ClN4O5.C2HF3O2/c30-23-14-12-22(13-15-23)24(18-28(36)37)34-29(38)25(20-39-19-21-8-2-1-3-9-21)33-27(35)11-5-7-17-32-26-10-4-6-16-31-26;3-2(4,5)1(6)7/h1-4,6,8-10,12-16,24-25H,5,7,11,17-20H2,(H,31,32)(H,33,35)(H,34,38)(H,36,37);(H,6,7). The number of rotatable bonds is 16. The summed E-state index contributed by atoms with van der Waals surface area (Å²) in [5.41, 5.74) is 1.51. The number of amides is 2. The second-order valence-corrected chi connectivity index (χ2v) is 10.2. The molecule has 0 saturated heterocycles. The lowest BCUT2D eigenvalue weighted by atomic mass is 10.0. The van der Waals surface area contributed by atoms with Gasteiger partial charge in [0, 0.05) is 24.2 Å². The van der Waals surface area contributed by atoms with Gasteiger partial charge in [0.25, 0.3) is 0 Å². The normalized spacial score (nSPS) is 12.1. The van der Waals surface area contributed by atoms with Gasteiger partial charge >= 0.3 is 18.1 Å². The van der Waals surface area contributed by atoms with Gasteiger partial charge in [-0.1, -0.05) is 60.1 Å². The van der Waals surface area contributed by atoms with Crippen LogP contribution < -0.4 is 16.0 Å².